The summed E-state index contributed by atoms with van der Waals surface area (Å²) in [5, 5.41) is 0. The van der Waals surface area contributed by atoms with E-state index in [4.69, 9.17) is 10.2 Å². The Hall–Kier alpha value is -1.77. The standard InChI is InChI=1S/C10H10N2O/c1-7-9(11)13-10(12-7)8-5-3-2-4-6-8/h2-6H,11H2,1H3. The molecule has 0 fully saturated rings. The molecule has 0 radical (unpaired) electrons. The summed E-state index contributed by atoms with van der Waals surface area (Å²) in [5.74, 6) is 0.967. The van der Waals surface area contributed by atoms with Crippen LogP contribution < -0.4 is 5.73 Å². The fourth-order valence-electron chi connectivity index (χ4n) is 1.11. The van der Waals surface area contributed by atoms with Gasteiger partial charge in [-0.1, -0.05) is 18.2 Å². The lowest BCUT2D eigenvalue weighted by Crippen LogP contribution is -1.82. The van der Waals surface area contributed by atoms with Crippen molar-refractivity contribution in [3.05, 3.63) is 36.0 Å². The van der Waals surface area contributed by atoms with Crippen molar-refractivity contribution in [1.82, 2.24) is 4.98 Å². The van der Waals surface area contributed by atoms with E-state index in [9.17, 15) is 0 Å². The van der Waals surface area contributed by atoms with E-state index in [2.05, 4.69) is 4.98 Å². The van der Waals surface area contributed by atoms with E-state index in [1.54, 1.807) is 0 Å². The van der Waals surface area contributed by atoms with Crippen LogP contribution in [0.2, 0.25) is 0 Å². The molecular formula is C10H10N2O. The first kappa shape index (κ1) is 7.86. The van der Waals surface area contributed by atoms with Crippen LogP contribution in [0.15, 0.2) is 34.7 Å². The van der Waals surface area contributed by atoms with Gasteiger partial charge in [0, 0.05) is 5.56 Å². The number of benzene rings is 1. The molecule has 0 bridgehead atoms. The van der Waals surface area contributed by atoms with Gasteiger partial charge in [0.05, 0.1) is 0 Å². The second-order valence-corrected chi connectivity index (χ2v) is 2.83. The van der Waals surface area contributed by atoms with Crippen molar-refractivity contribution in [2.45, 2.75) is 6.92 Å². The van der Waals surface area contributed by atoms with Crippen LogP contribution in [-0.4, -0.2) is 4.98 Å². The molecule has 0 aliphatic carbocycles. The fraction of sp³-hybridized carbons (Fsp3) is 0.100. The fourth-order valence-corrected chi connectivity index (χ4v) is 1.11. The van der Waals surface area contributed by atoms with E-state index in [1.165, 1.54) is 0 Å². The lowest BCUT2D eigenvalue weighted by Gasteiger charge is -1.91. The Kier molecular flexibility index (Phi) is 1.77. The molecule has 0 atom stereocenters. The molecule has 0 unspecified atom stereocenters. The minimum absolute atomic E-state index is 0.388. The van der Waals surface area contributed by atoms with Crippen LogP contribution in [0.5, 0.6) is 0 Å². The summed E-state index contributed by atoms with van der Waals surface area (Å²) < 4.78 is 5.27. The highest BCUT2D eigenvalue weighted by molar-refractivity contribution is 5.55. The molecule has 1 aromatic heterocycles. The first-order valence-corrected chi connectivity index (χ1v) is 4.05. The minimum atomic E-state index is 0.388. The van der Waals surface area contributed by atoms with Gasteiger partial charge in [-0.15, -0.1) is 0 Å². The van der Waals surface area contributed by atoms with Gasteiger partial charge in [0.25, 0.3) is 0 Å². The molecule has 0 saturated heterocycles. The minimum Gasteiger partial charge on any atom is -0.421 e. The van der Waals surface area contributed by atoms with Gasteiger partial charge in [-0.2, -0.15) is 0 Å². The maximum Gasteiger partial charge on any atom is 0.228 e. The summed E-state index contributed by atoms with van der Waals surface area (Å²) in [6.45, 7) is 1.82. The largest absolute Gasteiger partial charge is 0.421 e. The molecule has 66 valence electrons. The number of aromatic nitrogens is 1. The molecule has 0 saturated carbocycles. The van der Waals surface area contributed by atoms with Gasteiger partial charge in [0.15, 0.2) is 0 Å². The van der Waals surface area contributed by atoms with Gasteiger partial charge < -0.3 is 10.2 Å². The second kappa shape index (κ2) is 2.94. The SMILES string of the molecule is Cc1nc(-c2ccccc2)oc1N. The van der Waals surface area contributed by atoms with E-state index < -0.39 is 0 Å². The van der Waals surface area contributed by atoms with Gasteiger partial charge in [-0.25, -0.2) is 4.98 Å². The van der Waals surface area contributed by atoms with E-state index in [0.29, 0.717) is 11.8 Å². The molecule has 0 spiro atoms. The van der Waals surface area contributed by atoms with E-state index >= 15 is 0 Å². The van der Waals surface area contributed by atoms with Crippen LogP contribution >= 0.6 is 0 Å². The van der Waals surface area contributed by atoms with Gasteiger partial charge in [-0.3, -0.25) is 0 Å². The third-order valence-corrected chi connectivity index (χ3v) is 1.85. The number of rotatable bonds is 1. The average molecular weight is 174 g/mol. The van der Waals surface area contributed by atoms with Crippen molar-refractivity contribution in [3.63, 3.8) is 0 Å². The molecule has 3 nitrogen and oxygen atoms in total. The topological polar surface area (TPSA) is 52.0 Å². The molecule has 13 heavy (non-hydrogen) atoms. The third-order valence-electron chi connectivity index (χ3n) is 1.85. The van der Waals surface area contributed by atoms with Crippen molar-refractivity contribution in [3.8, 4) is 11.5 Å². The molecule has 2 rings (SSSR count). The Morgan fingerprint density at radius 3 is 2.46 bits per heavy atom. The van der Waals surface area contributed by atoms with Crippen molar-refractivity contribution >= 4 is 5.88 Å². The maximum atomic E-state index is 5.55. The van der Waals surface area contributed by atoms with Gasteiger partial charge in [0.1, 0.15) is 5.69 Å². The monoisotopic (exact) mass is 174 g/mol. The Labute approximate surface area is 76.2 Å². The zero-order valence-corrected chi connectivity index (χ0v) is 7.32. The highest BCUT2D eigenvalue weighted by Gasteiger charge is 2.06. The van der Waals surface area contributed by atoms with Crippen LogP contribution in [0.4, 0.5) is 5.88 Å². The molecule has 0 amide bonds. The second-order valence-electron chi connectivity index (χ2n) is 2.83. The van der Waals surface area contributed by atoms with Crippen molar-refractivity contribution in [2.75, 3.05) is 5.73 Å². The zero-order valence-electron chi connectivity index (χ0n) is 7.32. The van der Waals surface area contributed by atoms with Crippen LogP contribution in [0.1, 0.15) is 5.69 Å². The third kappa shape index (κ3) is 1.40. The zero-order chi connectivity index (χ0) is 9.26. The summed E-state index contributed by atoms with van der Waals surface area (Å²) in [6.07, 6.45) is 0. The smallest absolute Gasteiger partial charge is 0.228 e. The number of aryl methyl sites for hydroxylation is 1. The normalized spacial score (nSPS) is 10.2. The van der Waals surface area contributed by atoms with Crippen LogP contribution in [-0.2, 0) is 0 Å². The maximum absolute atomic E-state index is 5.55. The molecule has 3 heteroatoms. The van der Waals surface area contributed by atoms with Crippen LogP contribution in [0, 0.1) is 6.92 Å². The molecule has 1 heterocycles. The summed E-state index contributed by atoms with van der Waals surface area (Å²) >= 11 is 0. The molecule has 2 N–H and O–H groups in total. The van der Waals surface area contributed by atoms with E-state index in [0.717, 1.165) is 11.3 Å². The first-order chi connectivity index (χ1) is 6.27. The summed E-state index contributed by atoms with van der Waals surface area (Å²) in [6, 6.07) is 9.69. The lowest BCUT2D eigenvalue weighted by molar-refractivity contribution is 0.593. The Bertz CT molecular complexity index is 387. The molecular weight excluding hydrogens is 164 g/mol. The Balaban J connectivity index is 2.48. The number of hydrogen-bond donors (Lipinski definition) is 1. The lowest BCUT2D eigenvalue weighted by atomic mass is 10.2. The number of anilines is 1. The quantitative estimate of drug-likeness (QED) is 0.721. The first-order valence-electron chi connectivity index (χ1n) is 4.05. The highest BCUT2D eigenvalue weighted by Crippen LogP contribution is 2.22. The van der Waals surface area contributed by atoms with Gasteiger partial charge in [0.2, 0.25) is 11.8 Å². The summed E-state index contributed by atoms with van der Waals surface area (Å²) in [4.78, 5) is 4.19. The number of oxazole rings is 1. The van der Waals surface area contributed by atoms with Crippen LogP contribution in [0.3, 0.4) is 0 Å². The predicted octanol–water partition coefficient (Wildman–Crippen LogP) is 2.23. The van der Waals surface area contributed by atoms with E-state index in [1.807, 2.05) is 37.3 Å². The Morgan fingerprint density at radius 1 is 1.23 bits per heavy atom. The molecule has 0 aliphatic heterocycles. The molecule has 2 aromatic rings. The number of hydrogen-bond acceptors (Lipinski definition) is 3. The number of nitrogens with zero attached hydrogens (tertiary/aromatic N) is 1. The van der Waals surface area contributed by atoms with Crippen LogP contribution in [0.25, 0.3) is 11.5 Å². The van der Waals surface area contributed by atoms with Gasteiger partial charge >= 0.3 is 0 Å². The van der Waals surface area contributed by atoms with Gasteiger partial charge in [-0.05, 0) is 19.1 Å². The summed E-state index contributed by atoms with van der Waals surface area (Å²) in [7, 11) is 0. The number of nitrogen functional groups attached to an aromatic ring is 1. The molecule has 1 aromatic carbocycles. The van der Waals surface area contributed by atoms with Crippen molar-refractivity contribution in [2.24, 2.45) is 0 Å². The van der Waals surface area contributed by atoms with E-state index in [-0.39, 0.29) is 0 Å². The van der Waals surface area contributed by atoms with Crippen molar-refractivity contribution < 1.29 is 4.42 Å². The predicted molar refractivity (Wildman–Crippen MR) is 51.1 cm³/mol. The average Bonchev–Trinajstić information content (AvgIpc) is 2.49. The van der Waals surface area contributed by atoms with Crippen molar-refractivity contribution in [1.29, 1.82) is 0 Å². The molecule has 0 aliphatic rings. The highest BCUT2D eigenvalue weighted by atomic mass is 16.4. The Morgan fingerprint density at radius 2 is 1.92 bits per heavy atom. The summed E-state index contributed by atoms with van der Waals surface area (Å²) in [5.41, 5.74) is 7.23. The number of nitrogens with two attached hydrogens (primary N) is 1.